The molecule has 0 saturated carbocycles. The SMILES string of the molecule is CCOc1ccccc1CC[C@@H](C)N. The Labute approximate surface area is 86.1 Å². The third-order valence-corrected chi connectivity index (χ3v) is 2.14. The molecule has 0 spiro atoms. The van der Waals surface area contributed by atoms with E-state index in [1.165, 1.54) is 5.56 Å². The Morgan fingerprint density at radius 3 is 2.71 bits per heavy atom. The van der Waals surface area contributed by atoms with Crippen LogP contribution in [-0.2, 0) is 6.42 Å². The molecule has 0 radical (unpaired) electrons. The van der Waals surface area contributed by atoms with Crippen molar-refractivity contribution in [1.82, 2.24) is 0 Å². The summed E-state index contributed by atoms with van der Waals surface area (Å²) >= 11 is 0. The highest BCUT2D eigenvalue weighted by Crippen LogP contribution is 2.19. The third kappa shape index (κ3) is 3.38. The molecule has 0 aromatic heterocycles. The fraction of sp³-hybridized carbons (Fsp3) is 0.500. The topological polar surface area (TPSA) is 35.2 Å². The molecule has 1 aromatic carbocycles. The minimum absolute atomic E-state index is 0.254. The second kappa shape index (κ2) is 5.66. The molecule has 1 aromatic rings. The van der Waals surface area contributed by atoms with E-state index in [9.17, 15) is 0 Å². The first kappa shape index (κ1) is 11.1. The van der Waals surface area contributed by atoms with Crippen molar-refractivity contribution in [3.05, 3.63) is 29.8 Å². The Bertz CT molecular complexity index is 271. The van der Waals surface area contributed by atoms with Crippen molar-refractivity contribution in [3.8, 4) is 5.75 Å². The molecular weight excluding hydrogens is 174 g/mol. The van der Waals surface area contributed by atoms with Gasteiger partial charge >= 0.3 is 0 Å². The minimum Gasteiger partial charge on any atom is -0.494 e. The van der Waals surface area contributed by atoms with Gasteiger partial charge in [0.25, 0.3) is 0 Å². The van der Waals surface area contributed by atoms with Gasteiger partial charge in [0, 0.05) is 6.04 Å². The van der Waals surface area contributed by atoms with Crippen LogP contribution < -0.4 is 10.5 Å². The van der Waals surface area contributed by atoms with E-state index in [1.807, 2.05) is 32.0 Å². The molecule has 0 saturated heterocycles. The molecular formula is C12H19NO. The number of aryl methyl sites for hydroxylation is 1. The molecule has 2 nitrogen and oxygen atoms in total. The highest BCUT2D eigenvalue weighted by molar-refractivity contribution is 5.33. The number of hydrogen-bond acceptors (Lipinski definition) is 2. The summed E-state index contributed by atoms with van der Waals surface area (Å²) in [6.07, 6.45) is 2.00. The van der Waals surface area contributed by atoms with Crippen LogP contribution >= 0.6 is 0 Å². The van der Waals surface area contributed by atoms with Crippen LogP contribution in [0.15, 0.2) is 24.3 Å². The summed E-state index contributed by atoms with van der Waals surface area (Å²) in [7, 11) is 0. The molecule has 0 aliphatic heterocycles. The molecule has 0 heterocycles. The number of hydrogen-bond donors (Lipinski definition) is 1. The lowest BCUT2D eigenvalue weighted by atomic mass is 10.1. The first-order valence-corrected chi connectivity index (χ1v) is 5.20. The molecule has 2 N–H and O–H groups in total. The van der Waals surface area contributed by atoms with Gasteiger partial charge in [0.2, 0.25) is 0 Å². The highest BCUT2D eigenvalue weighted by atomic mass is 16.5. The van der Waals surface area contributed by atoms with Gasteiger partial charge in [0.15, 0.2) is 0 Å². The van der Waals surface area contributed by atoms with E-state index in [2.05, 4.69) is 6.07 Å². The second-order valence-electron chi connectivity index (χ2n) is 3.56. The van der Waals surface area contributed by atoms with Crippen LogP contribution in [0.4, 0.5) is 0 Å². The van der Waals surface area contributed by atoms with Gasteiger partial charge in [-0.25, -0.2) is 0 Å². The summed E-state index contributed by atoms with van der Waals surface area (Å²) in [5, 5.41) is 0. The summed E-state index contributed by atoms with van der Waals surface area (Å²) in [5.74, 6) is 0.996. The first-order valence-electron chi connectivity index (χ1n) is 5.20. The van der Waals surface area contributed by atoms with Crippen molar-refractivity contribution in [1.29, 1.82) is 0 Å². The largest absolute Gasteiger partial charge is 0.494 e. The van der Waals surface area contributed by atoms with Gasteiger partial charge in [-0.15, -0.1) is 0 Å². The molecule has 2 heteroatoms. The van der Waals surface area contributed by atoms with E-state index in [1.54, 1.807) is 0 Å². The minimum atomic E-state index is 0.254. The van der Waals surface area contributed by atoms with Crippen molar-refractivity contribution >= 4 is 0 Å². The van der Waals surface area contributed by atoms with Crippen LogP contribution in [0.3, 0.4) is 0 Å². The van der Waals surface area contributed by atoms with Crippen molar-refractivity contribution in [3.63, 3.8) is 0 Å². The zero-order valence-corrected chi connectivity index (χ0v) is 8.99. The molecule has 0 fully saturated rings. The number of ether oxygens (including phenoxy) is 1. The average Bonchev–Trinajstić information content (AvgIpc) is 2.17. The van der Waals surface area contributed by atoms with Gasteiger partial charge in [0.1, 0.15) is 5.75 Å². The maximum Gasteiger partial charge on any atom is 0.122 e. The Kier molecular flexibility index (Phi) is 4.47. The summed E-state index contributed by atoms with van der Waals surface area (Å²) in [5.41, 5.74) is 6.98. The quantitative estimate of drug-likeness (QED) is 0.779. The van der Waals surface area contributed by atoms with E-state index in [4.69, 9.17) is 10.5 Å². The zero-order chi connectivity index (χ0) is 10.4. The Morgan fingerprint density at radius 1 is 1.36 bits per heavy atom. The lowest BCUT2D eigenvalue weighted by Gasteiger charge is -2.10. The smallest absolute Gasteiger partial charge is 0.122 e. The molecule has 1 rings (SSSR count). The van der Waals surface area contributed by atoms with E-state index in [0.29, 0.717) is 0 Å². The lowest BCUT2D eigenvalue weighted by Crippen LogP contribution is -2.15. The second-order valence-corrected chi connectivity index (χ2v) is 3.56. The van der Waals surface area contributed by atoms with Crippen molar-refractivity contribution < 1.29 is 4.74 Å². The van der Waals surface area contributed by atoms with Crippen molar-refractivity contribution in [2.75, 3.05) is 6.61 Å². The van der Waals surface area contributed by atoms with Gasteiger partial charge in [-0.3, -0.25) is 0 Å². The van der Waals surface area contributed by atoms with Crippen molar-refractivity contribution in [2.45, 2.75) is 32.7 Å². The van der Waals surface area contributed by atoms with Gasteiger partial charge in [-0.1, -0.05) is 18.2 Å². The average molecular weight is 193 g/mol. The van der Waals surface area contributed by atoms with Gasteiger partial charge in [0.05, 0.1) is 6.61 Å². The van der Waals surface area contributed by atoms with Crippen molar-refractivity contribution in [2.24, 2.45) is 5.73 Å². The maximum atomic E-state index is 5.72. The fourth-order valence-electron chi connectivity index (χ4n) is 1.39. The van der Waals surface area contributed by atoms with E-state index < -0.39 is 0 Å². The van der Waals surface area contributed by atoms with Crippen LogP contribution in [0.5, 0.6) is 5.75 Å². The third-order valence-electron chi connectivity index (χ3n) is 2.14. The van der Waals surface area contributed by atoms with Crippen LogP contribution in [0, 0.1) is 0 Å². The molecule has 0 amide bonds. The molecule has 1 atom stereocenters. The summed E-state index contributed by atoms with van der Waals surface area (Å²) in [6, 6.07) is 8.41. The Morgan fingerprint density at radius 2 is 2.07 bits per heavy atom. The summed E-state index contributed by atoms with van der Waals surface area (Å²) in [4.78, 5) is 0. The van der Waals surface area contributed by atoms with Gasteiger partial charge in [-0.05, 0) is 38.3 Å². The predicted octanol–water partition coefficient (Wildman–Crippen LogP) is 2.37. The number of benzene rings is 1. The molecule has 0 aliphatic carbocycles. The molecule has 0 aliphatic rings. The molecule has 0 unspecified atom stereocenters. The molecule has 78 valence electrons. The standard InChI is InChI=1S/C12H19NO/c1-3-14-12-7-5-4-6-11(12)9-8-10(2)13/h4-7,10H,3,8-9,13H2,1-2H3/t10-/m1/s1. The molecule has 14 heavy (non-hydrogen) atoms. The van der Waals surface area contributed by atoms with Crippen LogP contribution in [-0.4, -0.2) is 12.6 Å². The zero-order valence-electron chi connectivity index (χ0n) is 8.99. The maximum absolute atomic E-state index is 5.72. The predicted molar refractivity (Wildman–Crippen MR) is 59.6 cm³/mol. The Balaban J connectivity index is 2.64. The fourth-order valence-corrected chi connectivity index (χ4v) is 1.39. The summed E-state index contributed by atoms with van der Waals surface area (Å²) in [6.45, 7) is 4.75. The van der Waals surface area contributed by atoms with E-state index in [-0.39, 0.29) is 6.04 Å². The van der Waals surface area contributed by atoms with E-state index >= 15 is 0 Å². The normalized spacial score (nSPS) is 12.5. The monoisotopic (exact) mass is 193 g/mol. The van der Waals surface area contributed by atoms with Crippen LogP contribution in [0.1, 0.15) is 25.8 Å². The number of rotatable bonds is 5. The Hall–Kier alpha value is -1.02. The van der Waals surface area contributed by atoms with E-state index in [0.717, 1.165) is 25.2 Å². The first-order chi connectivity index (χ1) is 6.74. The molecule has 0 bridgehead atoms. The number of para-hydroxylation sites is 1. The van der Waals surface area contributed by atoms with Gasteiger partial charge < -0.3 is 10.5 Å². The number of nitrogens with two attached hydrogens (primary N) is 1. The van der Waals surface area contributed by atoms with Gasteiger partial charge in [-0.2, -0.15) is 0 Å². The summed E-state index contributed by atoms with van der Waals surface area (Å²) < 4.78 is 5.53. The van der Waals surface area contributed by atoms with Crippen LogP contribution in [0.25, 0.3) is 0 Å². The van der Waals surface area contributed by atoms with Crippen LogP contribution in [0.2, 0.25) is 0 Å². The lowest BCUT2D eigenvalue weighted by molar-refractivity contribution is 0.336. The highest BCUT2D eigenvalue weighted by Gasteiger charge is 2.03.